The second-order valence-electron chi connectivity index (χ2n) is 5.65. The van der Waals surface area contributed by atoms with Gasteiger partial charge in [0.25, 0.3) is 0 Å². The summed E-state index contributed by atoms with van der Waals surface area (Å²) in [6, 6.07) is 14.0. The highest BCUT2D eigenvalue weighted by Crippen LogP contribution is 2.20. The van der Waals surface area contributed by atoms with E-state index in [0.717, 1.165) is 18.5 Å². The molecule has 3 rings (SSSR count). The SMILES string of the molecule is C(=N\NC(=NC1CCCCC1)Nc1ccccc1)/c1ccco1. The summed E-state index contributed by atoms with van der Waals surface area (Å²) in [6.07, 6.45) is 9.37. The zero-order valence-electron chi connectivity index (χ0n) is 13.1. The summed E-state index contributed by atoms with van der Waals surface area (Å²) >= 11 is 0. The first kappa shape index (κ1) is 15.3. The Morgan fingerprint density at radius 3 is 2.61 bits per heavy atom. The van der Waals surface area contributed by atoms with Crippen LogP contribution in [0.3, 0.4) is 0 Å². The van der Waals surface area contributed by atoms with E-state index >= 15 is 0 Å². The molecule has 1 aliphatic rings. The molecule has 2 N–H and O–H groups in total. The summed E-state index contributed by atoms with van der Waals surface area (Å²) in [5.74, 6) is 1.38. The fraction of sp³-hybridized carbons (Fsp3) is 0.333. The molecule has 1 saturated carbocycles. The highest BCUT2D eigenvalue weighted by atomic mass is 16.3. The molecule has 5 nitrogen and oxygen atoms in total. The summed E-state index contributed by atoms with van der Waals surface area (Å²) in [7, 11) is 0. The van der Waals surface area contributed by atoms with E-state index in [1.165, 1.54) is 19.3 Å². The second-order valence-corrected chi connectivity index (χ2v) is 5.65. The minimum atomic E-state index is 0.362. The molecular formula is C18H22N4O. The lowest BCUT2D eigenvalue weighted by molar-refractivity contribution is 0.442. The molecule has 1 aliphatic carbocycles. The van der Waals surface area contributed by atoms with Gasteiger partial charge in [0.15, 0.2) is 0 Å². The Hall–Kier alpha value is -2.56. The number of aliphatic imine (C=N–C) groups is 1. The maximum atomic E-state index is 5.23. The van der Waals surface area contributed by atoms with Crippen LogP contribution < -0.4 is 10.7 Å². The van der Waals surface area contributed by atoms with Crippen LogP contribution in [-0.4, -0.2) is 18.2 Å². The number of furan rings is 1. The van der Waals surface area contributed by atoms with Gasteiger partial charge in [-0.05, 0) is 37.1 Å². The number of rotatable bonds is 4. The minimum absolute atomic E-state index is 0.362. The number of hydrogen-bond acceptors (Lipinski definition) is 3. The van der Waals surface area contributed by atoms with Crippen LogP contribution in [0.4, 0.5) is 5.69 Å². The summed E-state index contributed by atoms with van der Waals surface area (Å²) in [5.41, 5.74) is 3.99. The van der Waals surface area contributed by atoms with Crippen LogP contribution in [0.1, 0.15) is 37.9 Å². The minimum Gasteiger partial charge on any atom is -0.463 e. The van der Waals surface area contributed by atoms with Gasteiger partial charge in [0.1, 0.15) is 5.76 Å². The Labute approximate surface area is 136 Å². The lowest BCUT2D eigenvalue weighted by Crippen LogP contribution is -2.29. The number of nitrogens with one attached hydrogen (secondary N) is 2. The third kappa shape index (κ3) is 4.98. The van der Waals surface area contributed by atoms with Crippen molar-refractivity contribution in [3.63, 3.8) is 0 Å². The summed E-state index contributed by atoms with van der Waals surface area (Å²) in [4.78, 5) is 4.80. The van der Waals surface area contributed by atoms with E-state index in [2.05, 4.69) is 15.8 Å². The number of guanidine groups is 1. The average molecular weight is 310 g/mol. The van der Waals surface area contributed by atoms with Crippen LogP contribution >= 0.6 is 0 Å². The Morgan fingerprint density at radius 2 is 1.87 bits per heavy atom. The number of hydrazone groups is 1. The predicted octanol–water partition coefficient (Wildman–Crippen LogP) is 4.00. The van der Waals surface area contributed by atoms with Crippen molar-refractivity contribution < 1.29 is 4.42 Å². The number of benzene rings is 1. The molecule has 1 heterocycles. The van der Waals surface area contributed by atoms with Crippen molar-refractivity contribution in [2.45, 2.75) is 38.1 Å². The lowest BCUT2D eigenvalue weighted by Gasteiger charge is -2.19. The third-order valence-electron chi connectivity index (χ3n) is 3.83. The Morgan fingerprint density at radius 1 is 1.04 bits per heavy atom. The van der Waals surface area contributed by atoms with Crippen molar-refractivity contribution in [2.75, 3.05) is 5.32 Å². The van der Waals surface area contributed by atoms with Crippen LogP contribution in [0.2, 0.25) is 0 Å². The number of hydrogen-bond donors (Lipinski definition) is 2. The molecule has 0 spiro atoms. The molecule has 0 aliphatic heterocycles. The maximum Gasteiger partial charge on any atom is 0.216 e. The van der Waals surface area contributed by atoms with E-state index in [0.29, 0.717) is 17.8 Å². The summed E-state index contributed by atoms with van der Waals surface area (Å²) < 4.78 is 5.23. The van der Waals surface area contributed by atoms with Crippen molar-refractivity contribution in [1.82, 2.24) is 5.43 Å². The first-order chi connectivity index (χ1) is 11.4. The van der Waals surface area contributed by atoms with Gasteiger partial charge in [-0.3, -0.25) is 0 Å². The molecule has 0 bridgehead atoms. The van der Waals surface area contributed by atoms with E-state index in [-0.39, 0.29) is 0 Å². The van der Waals surface area contributed by atoms with E-state index in [1.807, 2.05) is 42.5 Å². The molecule has 1 aromatic carbocycles. The van der Waals surface area contributed by atoms with Gasteiger partial charge < -0.3 is 9.73 Å². The van der Waals surface area contributed by atoms with Crippen molar-refractivity contribution in [1.29, 1.82) is 0 Å². The lowest BCUT2D eigenvalue weighted by atomic mass is 9.96. The molecule has 0 saturated heterocycles. The van der Waals surface area contributed by atoms with Crippen LogP contribution in [0, 0.1) is 0 Å². The predicted molar refractivity (Wildman–Crippen MR) is 93.8 cm³/mol. The molecule has 1 fully saturated rings. The van der Waals surface area contributed by atoms with Crippen molar-refractivity contribution in [3.05, 3.63) is 54.5 Å². The standard InChI is InChI=1S/C18H22N4O/c1-3-8-15(9-4-1)20-18(21-16-10-5-2-6-11-16)22-19-14-17-12-7-13-23-17/h1,3-4,7-9,12-14,16H,2,5-6,10-11H2,(H2,20,21,22)/b19-14+. The molecular weight excluding hydrogens is 288 g/mol. The van der Waals surface area contributed by atoms with Crippen LogP contribution in [0.5, 0.6) is 0 Å². The fourth-order valence-electron chi connectivity index (χ4n) is 2.66. The molecule has 0 atom stereocenters. The van der Waals surface area contributed by atoms with Gasteiger partial charge in [0, 0.05) is 5.69 Å². The van der Waals surface area contributed by atoms with E-state index in [1.54, 1.807) is 12.5 Å². The summed E-state index contributed by atoms with van der Waals surface area (Å²) in [6.45, 7) is 0. The molecule has 2 aromatic rings. The van der Waals surface area contributed by atoms with Crippen molar-refractivity contribution in [3.8, 4) is 0 Å². The van der Waals surface area contributed by atoms with Gasteiger partial charge in [0.05, 0.1) is 18.5 Å². The first-order valence-corrected chi connectivity index (χ1v) is 8.12. The number of para-hydroxylation sites is 1. The molecule has 0 unspecified atom stereocenters. The Bertz CT molecular complexity index is 628. The topological polar surface area (TPSA) is 61.9 Å². The Kier molecular flexibility index (Phi) is 5.45. The van der Waals surface area contributed by atoms with Crippen molar-refractivity contribution >= 4 is 17.9 Å². The quantitative estimate of drug-likeness (QED) is 0.509. The third-order valence-corrected chi connectivity index (χ3v) is 3.83. The number of anilines is 1. The van der Waals surface area contributed by atoms with Gasteiger partial charge in [0.2, 0.25) is 5.96 Å². The van der Waals surface area contributed by atoms with Gasteiger partial charge in [-0.15, -0.1) is 0 Å². The molecule has 5 heteroatoms. The monoisotopic (exact) mass is 310 g/mol. The van der Waals surface area contributed by atoms with Gasteiger partial charge >= 0.3 is 0 Å². The molecule has 0 amide bonds. The molecule has 23 heavy (non-hydrogen) atoms. The smallest absolute Gasteiger partial charge is 0.216 e. The van der Waals surface area contributed by atoms with E-state index in [4.69, 9.17) is 9.41 Å². The van der Waals surface area contributed by atoms with Gasteiger partial charge in [-0.1, -0.05) is 37.5 Å². The van der Waals surface area contributed by atoms with E-state index < -0.39 is 0 Å². The van der Waals surface area contributed by atoms with Gasteiger partial charge in [-0.25, -0.2) is 10.4 Å². The average Bonchev–Trinajstić information content (AvgIpc) is 3.10. The molecule has 0 radical (unpaired) electrons. The number of nitrogens with zero attached hydrogens (tertiary/aromatic N) is 2. The zero-order chi connectivity index (χ0) is 15.7. The molecule has 120 valence electrons. The Balaban J connectivity index is 1.68. The normalized spacial score (nSPS) is 16.6. The van der Waals surface area contributed by atoms with Crippen LogP contribution in [0.15, 0.2) is 63.2 Å². The zero-order valence-corrected chi connectivity index (χ0v) is 13.1. The summed E-state index contributed by atoms with van der Waals surface area (Å²) in [5, 5.41) is 7.51. The van der Waals surface area contributed by atoms with Crippen LogP contribution in [0.25, 0.3) is 0 Å². The molecule has 1 aromatic heterocycles. The maximum absolute atomic E-state index is 5.23. The second kappa shape index (κ2) is 8.17. The highest BCUT2D eigenvalue weighted by Gasteiger charge is 2.13. The van der Waals surface area contributed by atoms with Gasteiger partial charge in [-0.2, -0.15) is 5.10 Å². The highest BCUT2D eigenvalue weighted by molar-refractivity contribution is 5.94. The fourth-order valence-corrected chi connectivity index (χ4v) is 2.66. The van der Waals surface area contributed by atoms with Crippen molar-refractivity contribution in [2.24, 2.45) is 10.1 Å². The largest absolute Gasteiger partial charge is 0.463 e. The van der Waals surface area contributed by atoms with E-state index in [9.17, 15) is 0 Å². The van der Waals surface area contributed by atoms with Crippen LogP contribution in [-0.2, 0) is 0 Å². The first-order valence-electron chi connectivity index (χ1n) is 8.12.